The molecule has 0 saturated heterocycles. The van der Waals surface area contributed by atoms with Gasteiger partial charge in [-0.2, -0.15) is 0 Å². The molecule has 2 aromatic carbocycles. The van der Waals surface area contributed by atoms with Crippen molar-refractivity contribution in [2.45, 2.75) is 6.92 Å². The Bertz CT molecular complexity index is 953. The molecule has 24 heavy (non-hydrogen) atoms. The fourth-order valence-electron chi connectivity index (χ4n) is 2.49. The van der Waals surface area contributed by atoms with Crippen LogP contribution in [0.3, 0.4) is 0 Å². The number of carboxylic acids is 1. The zero-order valence-corrected chi connectivity index (χ0v) is 14.0. The molecule has 0 aliphatic carbocycles. The van der Waals surface area contributed by atoms with E-state index in [4.69, 9.17) is 16.3 Å². The van der Waals surface area contributed by atoms with Crippen molar-refractivity contribution in [1.82, 2.24) is 0 Å². The third-order valence-corrected chi connectivity index (χ3v) is 4.89. The highest BCUT2D eigenvalue weighted by molar-refractivity contribution is 7.21. The van der Waals surface area contributed by atoms with E-state index in [2.05, 4.69) is 0 Å². The summed E-state index contributed by atoms with van der Waals surface area (Å²) in [7, 11) is 0. The van der Waals surface area contributed by atoms with Gasteiger partial charge >= 0.3 is 5.97 Å². The number of carbonyl (C=O) groups is 1. The van der Waals surface area contributed by atoms with E-state index in [0.29, 0.717) is 10.1 Å². The van der Waals surface area contributed by atoms with Crippen molar-refractivity contribution in [1.29, 1.82) is 0 Å². The van der Waals surface area contributed by atoms with Crippen LogP contribution in [0, 0.1) is 11.6 Å². The molecule has 124 valence electrons. The lowest BCUT2D eigenvalue weighted by molar-refractivity contribution is 0.0703. The minimum absolute atomic E-state index is 0.0538. The fourth-order valence-corrected chi connectivity index (χ4v) is 3.77. The summed E-state index contributed by atoms with van der Waals surface area (Å²) < 4.78 is 33.9. The van der Waals surface area contributed by atoms with Crippen LogP contribution < -0.4 is 4.74 Å². The fraction of sp³-hybridized carbons (Fsp3) is 0.118. The van der Waals surface area contributed by atoms with Crippen LogP contribution in [-0.2, 0) is 0 Å². The van der Waals surface area contributed by atoms with E-state index in [-0.39, 0.29) is 33.4 Å². The molecule has 7 heteroatoms. The van der Waals surface area contributed by atoms with E-state index < -0.39 is 17.6 Å². The molecule has 0 amide bonds. The molecule has 0 bridgehead atoms. The van der Waals surface area contributed by atoms with Crippen LogP contribution in [0.15, 0.2) is 30.3 Å². The molecule has 0 fully saturated rings. The van der Waals surface area contributed by atoms with Crippen LogP contribution in [0.1, 0.15) is 16.6 Å². The number of hydrogen-bond acceptors (Lipinski definition) is 3. The van der Waals surface area contributed by atoms with Crippen LogP contribution in [0.5, 0.6) is 5.75 Å². The maximum absolute atomic E-state index is 14.9. The van der Waals surface area contributed by atoms with E-state index >= 15 is 0 Å². The molecule has 0 atom stereocenters. The summed E-state index contributed by atoms with van der Waals surface area (Å²) in [4.78, 5) is 11.5. The molecular weight excluding hydrogens is 358 g/mol. The van der Waals surface area contributed by atoms with Gasteiger partial charge in [-0.3, -0.25) is 0 Å². The molecule has 1 N–H and O–H groups in total. The lowest BCUT2D eigenvalue weighted by Gasteiger charge is -2.11. The van der Waals surface area contributed by atoms with Crippen molar-refractivity contribution in [2.24, 2.45) is 0 Å². The predicted octanol–water partition coefficient (Wildman–Crippen LogP) is 5.60. The topological polar surface area (TPSA) is 46.5 Å². The summed E-state index contributed by atoms with van der Waals surface area (Å²) >= 11 is 6.85. The minimum atomic E-state index is -1.21. The Morgan fingerprint density at radius 2 is 2.04 bits per heavy atom. The number of thiophene rings is 1. The van der Waals surface area contributed by atoms with Gasteiger partial charge in [0.05, 0.1) is 11.6 Å². The monoisotopic (exact) mass is 368 g/mol. The van der Waals surface area contributed by atoms with E-state index in [9.17, 15) is 18.7 Å². The van der Waals surface area contributed by atoms with Crippen LogP contribution in [0.2, 0.25) is 5.02 Å². The summed E-state index contributed by atoms with van der Waals surface area (Å²) in [6.07, 6.45) is 0. The lowest BCUT2D eigenvalue weighted by atomic mass is 10.0. The summed E-state index contributed by atoms with van der Waals surface area (Å²) in [5.74, 6) is -2.57. The maximum Gasteiger partial charge on any atom is 0.346 e. The highest BCUT2D eigenvalue weighted by Gasteiger charge is 2.24. The molecule has 3 rings (SSSR count). The molecule has 0 saturated carbocycles. The standard InChI is InChI=1S/C17H11ClF2O3S/c1-2-23-15-11(18)6-5-10(14(15)20)13-9-4-3-8(19)7-12(9)24-16(13)17(21)22/h3-7H,2H2,1H3,(H,21,22). The normalized spacial score (nSPS) is 11.0. The molecule has 0 unspecified atom stereocenters. The van der Waals surface area contributed by atoms with Crippen molar-refractivity contribution < 1.29 is 23.4 Å². The number of carboxylic acid groups (broad SMARTS) is 1. The van der Waals surface area contributed by atoms with E-state index in [1.54, 1.807) is 6.92 Å². The van der Waals surface area contributed by atoms with Gasteiger partial charge in [0.15, 0.2) is 11.6 Å². The number of aromatic carboxylic acids is 1. The van der Waals surface area contributed by atoms with Gasteiger partial charge in [0.25, 0.3) is 0 Å². The Kier molecular flexibility index (Phi) is 4.43. The van der Waals surface area contributed by atoms with Crippen LogP contribution >= 0.6 is 22.9 Å². The molecule has 0 spiro atoms. The molecule has 3 aromatic rings. The largest absolute Gasteiger partial charge is 0.489 e. The van der Waals surface area contributed by atoms with Crippen molar-refractivity contribution >= 4 is 39.0 Å². The second kappa shape index (κ2) is 6.37. The van der Waals surface area contributed by atoms with Gasteiger partial charge in [-0.15, -0.1) is 11.3 Å². The lowest BCUT2D eigenvalue weighted by Crippen LogP contribution is -2.00. The molecule has 3 nitrogen and oxygen atoms in total. The first-order valence-electron chi connectivity index (χ1n) is 7.00. The van der Waals surface area contributed by atoms with Gasteiger partial charge in [0.2, 0.25) is 0 Å². The molecule has 0 aliphatic rings. The third-order valence-electron chi connectivity index (χ3n) is 3.45. The first-order valence-corrected chi connectivity index (χ1v) is 8.20. The zero-order valence-electron chi connectivity index (χ0n) is 12.4. The molecule has 0 radical (unpaired) electrons. The molecule has 0 aliphatic heterocycles. The van der Waals surface area contributed by atoms with Crippen molar-refractivity contribution in [2.75, 3.05) is 6.61 Å². The van der Waals surface area contributed by atoms with Crippen LogP contribution in [0.25, 0.3) is 21.2 Å². The SMILES string of the molecule is CCOc1c(Cl)ccc(-c2c(C(=O)O)sc3cc(F)ccc23)c1F. The number of hydrogen-bond donors (Lipinski definition) is 1. The van der Waals surface area contributed by atoms with Gasteiger partial charge in [-0.05, 0) is 37.3 Å². The Hall–Kier alpha value is -2.18. The smallest absolute Gasteiger partial charge is 0.346 e. The van der Waals surface area contributed by atoms with Gasteiger partial charge in [0, 0.05) is 21.2 Å². The van der Waals surface area contributed by atoms with Crippen molar-refractivity contribution in [3.05, 3.63) is 51.9 Å². The highest BCUT2D eigenvalue weighted by Crippen LogP contribution is 2.43. The zero-order chi connectivity index (χ0) is 17.4. The highest BCUT2D eigenvalue weighted by atomic mass is 35.5. The molecule has 1 heterocycles. The van der Waals surface area contributed by atoms with E-state index in [1.165, 1.54) is 30.3 Å². The molecular formula is C17H11ClF2O3S. The maximum atomic E-state index is 14.9. The third kappa shape index (κ3) is 2.72. The first-order chi connectivity index (χ1) is 11.4. The van der Waals surface area contributed by atoms with Crippen LogP contribution in [0.4, 0.5) is 8.78 Å². The first kappa shape index (κ1) is 16.7. The summed E-state index contributed by atoms with van der Waals surface area (Å²) in [5, 5.41) is 10.0. The van der Waals surface area contributed by atoms with E-state index in [0.717, 1.165) is 11.3 Å². The Labute approximate surface area is 145 Å². The number of rotatable bonds is 4. The predicted molar refractivity (Wildman–Crippen MR) is 90.3 cm³/mol. The summed E-state index contributed by atoms with van der Waals surface area (Å²) in [6, 6.07) is 6.73. The van der Waals surface area contributed by atoms with Crippen molar-refractivity contribution in [3.8, 4) is 16.9 Å². The van der Waals surface area contributed by atoms with Gasteiger partial charge in [0.1, 0.15) is 10.7 Å². The number of fused-ring (bicyclic) bond motifs is 1. The van der Waals surface area contributed by atoms with Crippen LogP contribution in [-0.4, -0.2) is 17.7 Å². The Balaban J connectivity index is 2.35. The summed E-state index contributed by atoms with van der Waals surface area (Å²) in [6.45, 7) is 1.90. The Morgan fingerprint density at radius 1 is 1.29 bits per heavy atom. The summed E-state index contributed by atoms with van der Waals surface area (Å²) in [5.41, 5.74) is 0.246. The van der Waals surface area contributed by atoms with Gasteiger partial charge in [-0.1, -0.05) is 11.6 Å². The van der Waals surface area contributed by atoms with Gasteiger partial charge < -0.3 is 9.84 Å². The minimum Gasteiger partial charge on any atom is -0.489 e. The second-order valence-corrected chi connectivity index (χ2v) is 6.38. The van der Waals surface area contributed by atoms with E-state index in [1.807, 2.05) is 0 Å². The Morgan fingerprint density at radius 3 is 2.71 bits per heavy atom. The average molecular weight is 369 g/mol. The number of halogens is 3. The average Bonchev–Trinajstić information content (AvgIpc) is 2.90. The van der Waals surface area contributed by atoms with Crippen molar-refractivity contribution in [3.63, 3.8) is 0 Å². The van der Waals surface area contributed by atoms with Gasteiger partial charge in [-0.25, -0.2) is 13.6 Å². The molecule has 1 aromatic heterocycles. The number of ether oxygens (including phenoxy) is 1. The quantitative estimate of drug-likeness (QED) is 0.652. The second-order valence-electron chi connectivity index (χ2n) is 4.92. The number of benzene rings is 2.